The van der Waals surface area contributed by atoms with E-state index in [1.54, 1.807) is 22.6 Å². The molecule has 0 fully saturated rings. The van der Waals surface area contributed by atoms with Crippen LogP contribution < -0.4 is 0 Å². The Bertz CT molecular complexity index is 117. The Labute approximate surface area is 98.6 Å². The van der Waals surface area contributed by atoms with Gasteiger partial charge in [0.15, 0.2) is 0 Å². The zero-order valence-corrected chi connectivity index (χ0v) is 5.73. The van der Waals surface area contributed by atoms with Gasteiger partial charge in [-0.25, -0.2) is 0 Å². The molecule has 0 aliphatic carbocycles. The van der Waals surface area contributed by atoms with Gasteiger partial charge in [-0.05, 0) is 0 Å². The van der Waals surface area contributed by atoms with Gasteiger partial charge in [0.2, 0.25) is 0 Å². The summed E-state index contributed by atoms with van der Waals surface area (Å²) < 4.78 is 26.7. The van der Waals surface area contributed by atoms with E-state index in [-0.39, 0.29) is 55.1 Å². The summed E-state index contributed by atoms with van der Waals surface area (Å²) >= 11 is 1.56. The van der Waals surface area contributed by atoms with Crippen LogP contribution in [0.3, 0.4) is 0 Å². The van der Waals surface area contributed by atoms with E-state index in [4.69, 9.17) is 4.55 Å². The van der Waals surface area contributed by atoms with E-state index < -0.39 is 10.1 Å². The van der Waals surface area contributed by atoms with Crippen molar-refractivity contribution in [3.05, 3.63) is 0 Å². The van der Waals surface area contributed by atoms with Crippen molar-refractivity contribution in [2.75, 3.05) is 3.76 Å². The third kappa shape index (κ3) is 11.7. The Morgan fingerprint density at radius 2 is 1.71 bits per heavy atom. The first-order chi connectivity index (χ1) is 2.56. The van der Waals surface area contributed by atoms with E-state index in [0.717, 1.165) is 0 Å². The molecule has 0 aliphatic rings. The van der Waals surface area contributed by atoms with E-state index in [1.165, 1.54) is 0 Å². The fourth-order valence-electron chi connectivity index (χ4n) is 0. The van der Waals surface area contributed by atoms with Gasteiger partial charge in [0, 0.05) is 0 Å². The average Bonchev–Trinajstić information content (AvgIpc) is 1.35. The van der Waals surface area contributed by atoms with E-state index in [1.807, 2.05) is 0 Å². The summed E-state index contributed by atoms with van der Waals surface area (Å²) in [7, 11) is -3.68. The van der Waals surface area contributed by atoms with Crippen LogP contribution in [0.1, 0.15) is 0 Å². The van der Waals surface area contributed by atoms with Crippen LogP contribution in [0.5, 0.6) is 0 Å². The van der Waals surface area contributed by atoms with Crippen LogP contribution in [0.25, 0.3) is 0 Å². The molecule has 0 aromatic heterocycles. The molecule has 1 N–H and O–H groups in total. The molecule has 3 nitrogen and oxygen atoms in total. The molecule has 0 saturated heterocycles. The van der Waals surface area contributed by atoms with Gasteiger partial charge in [-0.2, -0.15) is 8.42 Å². The zero-order chi connectivity index (χ0) is 5.21. The molecule has 40 valence electrons. The number of hydrogen-bond donors (Lipinski definition) is 1. The topological polar surface area (TPSA) is 54.4 Å². The molecule has 6 heteroatoms. The second-order valence-electron chi connectivity index (χ2n) is 0.691. The third-order valence-electron chi connectivity index (χ3n) is 0.138. The molecule has 0 heterocycles. The molecule has 0 atom stereocenters. The number of alkyl halides is 1. The summed E-state index contributed by atoms with van der Waals surface area (Å²) in [6.45, 7) is 0. The molecule has 0 radical (unpaired) electrons. The van der Waals surface area contributed by atoms with Gasteiger partial charge in [-0.15, -0.1) is 0 Å². The molecule has 7 heavy (non-hydrogen) atoms. The predicted octanol–water partition coefficient (Wildman–Crippen LogP) is -0.382. The van der Waals surface area contributed by atoms with Crippen LogP contribution in [0.2, 0.25) is 0 Å². The summed E-state index contributed by atoms with van der Waals surface area (Å²) in [5.74, 6) is 0. The Kier molecular flexibility index (Phi) is 8.73. The fourth-order valence-corrected chi connectivity index (χ4v) is 0. The van der Waals surface area contributed by atoms with Gasteiger partial charge in [-0.3, -0.25) is 4.55 Å². The molecule has 0 saturated carbocycles. The van der Waals surface area contributed by atoms with Gasteiger partial charge in [0.1, 0.15) is 3.76 Å². The van der Waals surface area contributed by atoms with Gasteiger partial charge < -0.3 is 0 Å². The molecule has 0 spiro atoms. The molecular formula is CH4IKO3S. The Morgan fingerprint density at radius 3 is 1.71 bits per heavy atom. The van der Waals surface area contributed by atoms with Crippen LogP contribution in [-0.2, 0) is 10.1 Å². The van der Waals surface area contributed by atoms with Crippen molar-refractivity contribution in [2.24, 2.45) is 0 Å². The van der Waals surface area contributed by atoms with Crippen molar-refractivity contribution in [1.82, 2.24) is 0 Å². The van der Waals surface area contributed by atoms with Crippen molar-refractivity contribution in [1.29, 1.82) is 0 Å². The van der Waals surface area contributed by atoms with E-state index in [9.17, 15) is 8.42 Å². The standard InChI is InChI=1S/CH3IO3S.K.H/c2-1-6(3,4)5;;/h1H2,(H,3,4,5);;. The SMILES string of the molecule is O=S(=O)(O)CI.[KH]. The minimum absolute atomic E-state index is 0. The maximum absolute atomic E-state index is 9.55. The summed E-state index contributed by atoms with van der Waals surface area (Å²) in [4.78, 5) is 0. The zero-order valence-electron chi connectivity index (χ0n) is 2.76. The second kappa shape index (κ2) is 5.09. The molecule has 0 rings (SSSR count). The first-order valence-corrected chi connectivity index (χ1v) is 4.21. The average molecular weight is 262 g/mol. The van der Waals surface area contributed by atoms with Gasteiger partial charge >= 0.3 is 51.4 Å². The Morgan fingerprint density at radius 1 is 1.57 bits per heavy atom. The van der Waals surface area contributed by atoms with Crippen LogP contribution in [0, 0.1) is 0 Å². The molecule has 0 unspecified atom stereocenters. The van der Waals surface area contributed by atoms with Crippen molar-refractivity contribution >= 4 is 84.1 Å². The van der Waals surface area contributed by atoms with Crippen molar-refractivity contribution in [3.8, 4) is 0 Å². The van der Waals surface area contributed by atoms with E-state index in [2.05, 4.69) is 0 Å². The van der Waals surface area contributed by atoms with Crippen molar-refractivity contribution in [2.45, 2.75) is 0 Å². The maximum atomic E-state index is 9.55. The Hall–Kier alpha value is 2.28. The first-order valence-electron chi connectivity index (χ1n) is 1.07. The molecular weight excluding hydrogens is 258 g/mol. The monoisotopic (exact) mass is 262 g/mol. The van der Waals surface area contributed by atoms with Crippen LogP contribution in [0.4, 0.5) is 0 Å². The summed E-state index contributed by atoms with van der Waals surface area (Å²) in [6.07, 6.45) is 0. The van der Waals surface area contributed by atoms with Crippen LogP contribution >= 0.6 is 22.6 Å². The van der Waals surface area contributed by atoms with E-state index >= 15 is 0 Å². The van der Waals surface area contributed by atoms with Gasteiger partial charge in [0.25, 0.3) is 10.1 Å². The molecule has 0 aromatic carbocycles. The van der Waals surface area contributed by atoms with Crippen LogP contribution in [0.15, 0.2) is 0 Å². The first kappa shape index (κ1) is 12.0. The predicted molar refractivity (Wildman–Crippen MR) is 37.6 cm³/mol. The number of halogens is 1. The number of rotatable bonds is 1. The van der Waals surface area contributed by atoms with Crippen molar-refractivity contribution in [3.63, 3.8) is 0 Å². The quantitative estimate of drug-likeness (QED) is 0.303. The third-order valence-corrected chi connectivity index (χ3v) is 2.77. The summed E-state index contributed by atoms with van der Waals surface area (Å²) in [6, 6.07) is 0. The van der Waals surface area contributed by atoms with Gasteiger partial charge in [-0.1, -0.05) is 22.6 Å². The van der Waals surface area contributed by atoms with Crippen LogP contribution in [-0.4, -0.2) is 68.1 Å². The number of hydrogen-bond acceptors (Lipinski definition) is 2. The molecule has 0 bridgehead atoms. The molecule has 0 aromatic rings. The summed E-state index contributed by atoms with van der Waals surface area (Å²) in [5, 5.41) is 0. The molecule has 0 aliphatic heterocycles. The summed E-state index contributed by atoms with van der Waals surface area (Å²) in [5.41, 5.74) is 0. The second-order valence-corrected chi connectivity index (χ2v) is 3.94. The minimum atomic E-state index is -3.68. The van der Waals surface area contributed by atoms with Crippen molar-refractivity contribution < 1.29 is 13.0 Å². The Balaban J connectivity index is 0. The van der Waals surface area contributed by atoms with Gasteiger partial charge in [0.05, 0.1) is 0 Å². The molecule has 0 amide bonds. The van der Waals surface area contributed by atoms with E-state index in [0.29, 0.717) is 0 Å². The fraction of sp³-hybridized carbons (Fsp3) is 1.00. The normalized spacial score (nSPS) is 10.0.